The lowest BCUT2D eigenvalue weighted by Gasteiger charge is -2.09. The Morgan fingerprint density at radius 3 is 2.84 bits per heavy atom. The number of hydrogen-bond acceptors (Lipinski definition) is 3. The molecule has 0 aliphatic carbocycles. The summed E-state index contributed by atoms with van der Waals surface area (Å²) in [5.74, 6) is 0.771. The van der Waals surface area contributed by atoms with Gasteiger partial charge in [-0.2, -0.15) is 5.10 Å². The highest BCUT2D eigenvalue weighted by Crippen LogP contribution is 2.27. The molecular formula is C13H15BrClN3O. The van der Waals surface area contributed by atoms with Crippen LogP contribution in [0.3, 0.4) is 0 Å². The summed E-state index contributed by atoms with van der Waals surface area (Å²) in [4.78, 5) is 0. The Balaban J connectivity index is 2.16. The van der Waals surface area contributed by atoms with E-state index in [-0.39, 0.29) is 0 Å². The topological polar surface area (TPSA) is 39.1 Å². The lowest BCUT2D eigenvalue weighted by Crippen LogP contribution is -2.03. The first kappa shape index (κ1) is 14.2. The van der Waals surface area contributed by atoms with Gasteiger partial charge in [-0.3, -0.25) is 0 Å². The number of methoxy groups -OCH3 is 1. The van der Waals surface area contributed by atoms with Crippen molar-refractivity contribution in [2.75, 3.05) is 12.4 Å². The molecule has 2 rings (SSSR count). The highest BCUT2D eigenvalue weighted by atomic mass is 79.9. The molecule has 0 saturated carbocycles. The quantitative estimate of drug-likeness (QED) is 0.918. The monoisotopic (exact) mass is 343 g/mol. The van der Waals surface area contributed by atoms with Crippen LogP contribution >= 0.6 is 27.5 Å². The molecule has 1 aromatic carbocycles. The molecule has 1 N–H and O–H groups in total. The Hall–Kier alpha value is -1.20. The van der Waals surface area contributed by atoms with Crippen LogP contribution in [-0.2, 0) is 13.6 Å². The first-order valence-corrected chi connectivity index (χ1v) is 6.95. The summed E-state index contributed by atoms with van der Waals surface area (Å²) in [6.07, 6.45) is 0. The first-order valence-electron chi connectivity index (χ1n) is 5.78. The van der Waals surface area contributed by atoms with E-state index in [9.17, 15) is 0 Å². The normalized spacial score (nSPS) is 10.6. The van der Waals surface area contributed by atoms with Crippen molar-refractivity contribution in [1.82, 2.24) is 9.78 Å². The minimum Gasteiger partial charge on any atom is -0.481 e. The van der Waals surface area contributed by atoms with Gasteiger partial charge >= 0.3 is 0 Å². The van der Waals surface area contributed by atoms with Crippen LogP contribution in [0.4, 0.5) is 5.69 Å². The zero-order chi connectivity index (χ0) is 14.0. The predicted octanol–water partition coefficient (Wildman–Crippen LogP) is 3.77. The number of aromatic nitrogens is 2. The van der Waals surface area contributed by atoms with Crippen LogP contribution in [0.15, 0.2) is 22.7 Å². The zero-order valence-corrected chi connectivity index (χ0v) is 13.3. The van der Waals surface area contributed by atoms with E-state index in [1.165, 1.54) is 0 Å². The summed E-state index contributed by atoms with van der Waals surface area (Å²) in [5, 5.41) is 8.34. The molecule has 2 aromatic rings. The standard InChI is InChI=1S/C13H15BrClN3O/c1-8-10(13(19-3)18(2)17-8)7-16-9-4-5-11(14)12(15)6-9/h4-6,16H,7H2,1-3H3. The molecule has 102 valence electrons. The van der Waals surface area contributed by atoms with Crippen molar-refractivity contribution in [2.45, 2.75) is 13.5 Å². The van der Waals surface area contributed by atoms with Crippen molar-refractivity contribution >= 4 is 33.2 Å². The zero-order valence-electron chi connectivity index (χ0n) is 11.0. The van der Waals surface area contributed by atoms with E-state index in [0.717, 1.165) is 27.3 Å². The molecule has 0 aliphatic heterocycles. The molecular weight excluding hydrogens is 330 g/mol. The molecule has 1 heterocycles. The van der Waals surface area contributed by atoms with Crippen LogP contribution in [0.5, 0.6) is 5.88 Å². The van der Waals surface area contributed by atoms with E-state index >= 15 is 0 Å². The fraction of sp³-hybridized carbons (Fsp3) is 0.308. The molecule has 0 spiro atoms. The summed E-state index contributed by atoms with van der Waals surface area (Å²) in [6.45, 7) is 2.61. The number of halogens is 2. The number of benzene rings is 1. The molecule has 0 aliphatic rings. The Kier molecular flexibility index (Phi) is 4.37. The average molecular weight is 345 g/mol. The first-order chi connectivity index (χ1) is 9.02. The third kappa shape index (κ3) is 3.04. The molecule has 1 aromatic heterocycles. The summed E-state index contributed by atoms with van der Waals surface area (Å²) >= 11 is 9.43. The Morgan fingerprint density at radius 2 is 2.21 bits per heavy atom. The van der Waals surface area contributed by atoms with Gasteiger partial charge in [-0.15, -0.1) is 0 Å². The summed E-state index contributed by atoms with van der Waals surface area (Å²) in [7, 11) is 3.52. The van der Waals surface area contributed by atoms with Gasteiger partial charge in [-0.1, -0.05) is 11.6 Å². The number of nitrogens with zero attached hydrogens (tertiary/aromatic N) is 2. The summed E-state index contributed by atoms with van der Waals surface area (Å²) in [5.41, 5.74) is 2.96. The van der Waals surface area contributed by atoms with Crippen LogP contribution in [-0.4, -0.2) is 16.9 Å². The lowest BCUT2D eigenvalue weighted by atomic mass is 10.2. The maximum atomic E-state index is 6.06. The second-order valence-corrected chi connectivity index (χ2v) is 5.44. The van der Waals surface area contributed by atoms with Crippen LogP contribution in [0.25, 0.3) is 0 Å². The van der Waals surface area contributed by atoms with Gasteiger partial charge < -0.3 is 10.1 Å². The molecule has 0 radical (unpaired) electrons. The van der Waals surface area contributed by atoms with Crippen molar-refractivity contribution in [3.63, 3.8) is 0 Å². The van der Waals surface area contributed by atoms with Gasteiger partial charge in [0, 0.05) is 23.8 Å². The van der Waals surface area contributed by atoms with E-state index in [4.69, 9.17) is 16.3 Å². The molecule has 19 heavy (non-hydrogen) atoms. The van der Waals surface area contributed by atoms with Gasteiger partial charge in [0.25, 0.3) is 0 Å². The molecule has 6 heteroatoms. The van der Waals surface area contributed by atoms with Crippen LogP contribution in [0.1, 0.15) is 11.3 Å². The Labute approximate surface area is 125 Å². The fourth-order valence-corrected chi connectivity index (χ4v) is 2.36. The van der Waals surface area contributed by atoms with Crippen LogP contribution < -0.4 is 10.1 Å². The van der Waals surface area contributed by atoms with E-state index < -0.39 is 0 Å². The van der Waals surface area contributed by atoms with E-state index in [1.54, 1.807) is 11.8 Å². The number of anilines is 1. The number of ether oxygens (including phenoxy) is 1. The third-order valence-corrected chi connectivity index (χ3v) is 4.10. The van der Waals surface area contributed by atoms with E-state index in [2.05, 4.69) is 26.3 Å². The van der Waals surface area contributed by atoms with Crippen molar-refractivity contribution in [2.24, 2.45) is 7.05 Å². The highest BCUT2D eigenvalue weighted by Gasteiger charge is 2.13. The molecule has 0 saturated heterocycles. The molecule has 4 nitrogen and oxygen atoms in total. The van der Waals surface area contributed by atoms with Gasteiger partial charge in [0.05, 0.1) is 23.4 Å². The molecule has 0 fully saturated rings. The van der Waals surface area contributed by atoms with Gasteiger partial charge in [0.2, 0.25) is 5.88 Å². The molecule has 0 amide bonds. The smallest absolute Gasteiger partial charge is 0.216 e. The van der Waals surface area contributed by atoms with Crippen molar-refractivity contribution < 1.29 is 4.74 Å². The van der Waals surface area contributed by atoms with Crippen molar-refractivity contribution in [3.8, 4) is 5.88 Å². The maximum absolute atomic E-state index is 6.06. The second-order valence-electron chi connectivity index (χ2n) is 4.18. The van der Waals surface area contributed by atoms with Gasteiger partial charge in [0.15, 0.2) is 0 Å². The van der Waals surface area contributed by atoms with Gasteiger partial charge in [0.1, 0.15) is 0 Å². The molecule has 0 bridgehead atoms. The minimum atomic E-state index is 0.640. The maximum Gasteiger partial charge on any atom is 0.216 e. The van der Waals surface area contributed by atoms with E-state index in [1.807, 2.05) is 32.2 Å². The fourth-order valence-electron chi connectivity index (χ4n) is 1.94. The van der Waals surface area contributed by atoms with E-state index in [0.29, 0.717) is 11.6 Å². The number of nitrogens with one attached hydrogen (secondary N) is 1. The second kappa shape index (κ2) is 5.84. The highest BCUT2D eigenvalue weighted by molar-refractivity contribution is 9.10. The van der Waals surface area contributed by atoms with Gasteiger partial charge in [-0.05, 0) is 41.1 Å². The largest absolute Gasteiger partial charge is 0.481 e. The Bertz CT molecular complexity index is 598. The number of hydrogen-bond donors (Lipinski definition) is 1. The predicted molar refractivity (Wildman–Crippen MR) is 81.0 cm³/mol. The van der Waals surface area contributed by atoms with Crippen molar-refractivity contribution in [1.29, 1.82) is 0 Å². The SMILES string of the molecule is COc1c(CNc2ccc(Br)c(Cl)c2)c(C)nn1C. The summed E-state index contributed by atoms with van der Waals surface area (Å²) < 4.78 is 7.98. The van der Waals surface area contributed by atoms with Crippen molar-refractivity contribution in [3.05, 3.63) is 39.0 Å². The minimum absolute atomic E-state index is 0.640. The lowest BCUT2D eigenvalue weighted by molar-refractivity contribution is 0.370. The number of aryl methyl sites for hydroxylation is 2. The average Bonchev–Trinajstić information content (AvgIpc) is 2.64. The Morgan fingerprint density at radius 1 is 1.47 bits per heavy atom. The van der Waals surface area contributed by atoms with Crippen LogP contribution in [0.2, 0.25) is 5.02 Å². The number of rotatable bonds is 4. The third-order valence-electron chi connectivity index (χ3n) is 2.87. The van der Waals surface area contributed by atoms with Crippen LogP contribution in [0, 0.1) is 6.92 Å². The van der Waals surface area contributed by atoms with Gasteiger partial charge in [-0.25, -0.2) is 4.68 Å². The molecule has 0 atom stereocenters. The molecule has 0 unspecified atom stereocenters. The summed E-state index contributed by atoms with van der Waals surface area (Å²) in [6, 6.07) is 5.76.